The summed E-state index contributed by atoms with van der Waals surface area (Å²) in [5.41, 5.74) is 4.44. The lowest BCUT2D eigenvalue weighted by Gasteiger charge is -2.36. The summed E-state index contributed by atoms with van der Waals surface area (Å²) in [7, 11) is 0. The number of hydrogen-bond donors (Lipinski definition) is 0. The van der Waals surface area contributed by atoms with Crippen molar-refractivity contribution in [2.24, 2.45) is 0 Å². The summed E-state index contributed by atoms with van der Waals surface area (Å²) in [6.45, 7) is 6.75. The SMILES string of the molecule is CSc1ccccc1C(=O)N1CCOc2ccc(CN3CCN(c4ccccc4)CC3)cc2C1. The third-order valence-corrected chi connectivity index (χ3v) is 7.43. The van der Waals surface area contributed by atoms with E-state index in [1.807, 2.05) is 35.4 Å². The van der Waals surface area contributed by atoms with E-state index in [4.69, 9.17) is 4.74 Å². The van der Waals surface area contributed by atoms with E-state index < -0.39 is 0 Å². The van der Waals surface area contributed by atoms with Gasteiger partial charge in [-0.1, -0.05) is 36.4 Å². The Morgan fingerprint density at radius 3 is 2.47 bits per heavy atom. The molecule has 5 nitrogen and oxygen atoms in total. The molecular formula is C28H31N3O2S. The molecule has 0 unspecified atom stereocenters. The van der Waals surface area contributed by atoms with Crippen molar-refractivity contribution in [3.05, 3.63) is 89.5 Å². The Kier molecular flexibility index (Phi) is 7.07. The van der Waals surface area contributed by atoms with Gasteiger partial charge in [-0.3, -0.25) is 9.69 Å². The van der Waals surface area contributed by atoms with Crippen LogP contribution < -0.4 is 9.64 Å². The number of carbonyl (C=O) groups excluding carboxylic acids is 1. The topological polar surface area (TPSA) is 36.0 Å². The van der Waals surface area contributed by atoms with Crippen molar-refractivity contribution in [3.63, 3.8) is 0 Å². The van der Waals surface area contributed by atoms with Crippen LogP contribution in [0, 0.1) is 0 Å². The number of anilines is 1. The highest BCUT2D eigenvalue weighted by Gasteiger charge is 2.24. The molecule has 176 valence electrons. The molecule has 1 amide bonds. The van der Waals surface area contributed by atoms with Crippen molar-refractivity contribution in [2.75, 3.05) is 50.5 Å². The molecule has 0 spiro atoms. The Balaban J connectivity index is 1.25. The lowest BCUT2D eigenvalue weighted by Crippen LogP contribution is -2.45. The van der Waals surface area contributed by atoms with E-state index in [9.17, 15) is 4.79 Å². The molecule has 0 bridgehead atoms. The zero-order valence-corrected chi connectivity index (χ0v) is 20.5. The van der Waals surface area contributed by atoms with E-state index in [0.29, 0.717) is 19.7 Å². The van der Waals surface area contributed by atoms with Crippen molar-refractivity contribution in [1.29, 1.82) is 0 Å². The first-order chi connectivity index (χ1) is 16.7. The highest BCUT2D eigenvalue weighted by molar-refractivity contribution is 7.98. The van der Waals surface area contributed by atoms with Crippen LogP contribution in [0.2, 0.25) is 0 Å². The smallest absolute Gasteiger partial charge is 0.255 e. The van der Waals surface area contributed by atoms with Gasteiger partial charge < -0.3 is 14.5 Å². The molecule has 34 heavy (non-hydrogen) atoms. The summed E-state index contributed by atoms with van der Waals surface area (Å²) in [5, 5.41) is 0. The normalized spacial score (nSPS) is 16.5. The molecule has 6 heteroatoms. The van der Waals surface area contributed by atoms with Gasteiger partial charge in [0, 0.05) is 55.4 Å². The van der Waals surface area contributed by atoms with Crippen LogP contribution >= 0.6 is 11.8 Å². The van der Waals surface area contributed by atoms with Crippen molar-refractivity contribution < 1.29 is 9.53 Å². The fourth-order valence-electron chi connectivity index (χ4n) is 4.77. The van der Waals surface area contributed by atoms with Gasteiger partial charge >= 0.3 is 0 Å². The van der Waals surface area contributed by atoms with Crippen LogP contribution in [0.4, 0.5) is 5.69 Å². The van der Waals surface area contributed by atoms with Crippen molar-refractivity contribution in [1.82, 2.24) is 9.80 Å². The van der Waals surface area contributed by atoms with Gasteiger partial charge in [-0.05, 0) is 48.2 Å². The van der Waals surface area contributed by atoms with Gasteiger partial charge in [0.1, 0.15) is 12.4 Å². The molecule has 0 aromatic heterocycles. The van der Waals surface area contributed by atoms with Gasteiger partial charge in [-0.2, -0.15) is 0 Å². The number of hydrogen-bond acceptors (Lipinski definition) is 5. The molecule has 1 fully saturated rings. The minimum Gasteiger partial charge on any atom is -0.491 e. The number of fused-ring (bicyclic) bond motifs is 1. The quantitative estimate of drug-likeness (QED) is 0.499. The molecule has 2 heterocycles. The number of ether oxygens (including phenoxy) is 1. The highest BCUT2D eigenvalue weighted by Crippen LogP contribution is 2.28. The van der Waals surface area contributed by atoms with Crippen molar-refractivity contribution in [2.45, 2.75) is 18.0 Å². The van der Waals surface area contributed by atoms with Crippen LogP contribution in [0.15, 0.2) is 77.7 Å². The molecule has 0 atom stereocenters. The average molecular weight is 474 g/mol. The lowest BCUT2D eigenvalue weighted by atomic mass is 10.1. The average Bonchev–Trinajstić information content (AvgIpc) is 3.11. The van der Waals surface area contributed by atoms with Crippen molar-refractivity contribution >= 4 is 23.4 Å². The fourth-order valence-corrected chi connectivity index (χ4v) is 5.36. The van der Waals surface area contributed by atoms with Gasteiger partial charge in [0.2, 0.25) is 0 Å². The van der Waals surface area contributed by atoms with Gasteiger partial charge in [-0.15, -0.1) is 11.8 Å². The molecule has 0 radical (unpaired) electrons. The second-order valence-electron chi connectivity index (χ2n) is 8.82. The van der Waals surface area contributed by atoms with Crippen molar-refractivity contribution in [3.8, 4) is 5.75 Å². The number of rotatable bonds is 5. The molecule has 3 aromatic carbocycles. The predicted molar refractivity (Wildman–Crippen MR) is 139 cm³/mol. The third-order valence-electron chi connectivity index (χ3n) is 6.63. The number of thioether (sulfide) groups is 1. The first-order valence-corrected chi connectivity index (χ1v) is 13.1. The Bertz CT molecular complexity index is 1130. The lowest BCUT2D eigenvalue weighted by molar-refractivity contribution is 0.0729. The minimum absolute atomic E-state index is 0.0730. The molecule has 0 N–H and O–H groups in total. The van der Waals surface area contributed by atoms with E-state index in [0.717, 1.165) is 54.5 Å². The van der Waals surface area contributed by atoms with Crippen LogP contribution in [0.3, 0.4) is 0 Å². The maximum absolute atomic E-state index is 13.3. The number of amides is 1. The minimum atomic E-state index is 0.0730. The fraction of sp³-hybridized carbons (Fsp3) is 0.321. The Morgan fingerprint density at radius 1 is 0.912 bits per heavy atom. The van der Waals surface area contributed by atoms with Crippen LogP contribution in [0.5, 0.6) is 5.75 Å². The molecule has 3 aromatic rings. The monoisotopic (exact) mass is 473 g/mol. The number of carbonyl (C=O) groups is 1. The molecule has 2 aliphatic rings. The molecule has 0 aliphatic carbocycles. The number of nitrogens with zero attached hydrogens (tertiary/aromatic N) is 3. The van der Waals surface area contributed by atoms with Crippen LogP contribution in [-0.4, -0.2) is 61.3 Å². The summed E-state index contributed by atoms with van der Waals surface area (Å²) in [4.78, 5) is 21.2. The summed E-state index contributed by atoms with van der Waals surface area (Å²) in [5.74, 6) is 0.968. The summed E-state index contributed by atoms with van der Waals surface area (Å²) < 4.78 is 6.01. The van der Waals surface area contributed by atoms with Gasteiger partial charge in [0.25, 0.3) is 5.91 Å². The molecular weight excluding hydrogens is 442 g/mol. The van der Waals surface area contributed by atoms with Gasteiger partial charge in [0.05, 0.1) is 12.1 Å². The molecule has 1 saturated heterocycles. The maximum atomic E-state index is 13.3. The molecule has 5 rings (SSSR count). The van der Waals surface area contributed by atoms with E-state index in [1.54, 1.807) is 11.8 Å². The second-order valence-corrected chi connectivity index (χ2v) is 9.66. The number of benzene rings is 3. The van der Waals surface area contributed by atoms with Gasteiger partial charge in [0.15, 0.2) is 0 Å². The molecule has 2 aliphatic heterocycles. The van der Waals surface area contributed by atoms with Crippen LogP contribution in [0.1, 0.15) is 21.5 Å². The van der Waals surface area contributed by atoms with E-state index in [1.165, 1.54) is 11.3 Å². The number of piperazine rings is 1. The Morgan fingerprint density at radius 2 is 1.68 bits per heavy atom. The first kappa shape index (κ1) is 22.8. The summed E-state index contributed by atoms with van der Waals surface area (Å²) >= 11 is 1.61. The van der Waals surface area contributed by atoms with E-state index in [2.05, 4.69) is 58.3 Å². The zero-order valence-electron chi connectivity index (χ0n) is 19.7. The predicted octanol–water partition coefficient (Wildman–Crippen LogP) is 4.77. The van der Waals surface area contributed by atoms with E-state index >= 15 is 0 Å². The standard InChI is InChI=1S/C28H31N3O2S/c1-34-27-10-6-5-9-25(27)28(32)31-17-18-33-26-12-11-22(19-23(26)21-31)20-29-13-15-30(16-14-29)24-7-3-2-4-8-24/h2-12,19H,13-18,20-21H2,1H3. The Hall–Kier alpha value is -2.96. The first-order valence-electron chi connectivity index (χ1n) is 11.9. The second kappa shape index (κ2) is 10.5. The number of para-hydroxylation sites is 1. The highest BCUT2D eigenvalue weighted by atomic mass is 32.2. The maximum Gasteiger partial charge on any atom is 0.255 e. The van der Waals surface area contributed by atoms with E-state index in [-0.39, 0.29) is 5.91 Å². The molecule has 0 saturated carbocycles. The van der Waals surface area contributed by atoms with Crippen LogP contribution in [-0.2, 0) is 13.1 Å². The summed E-state index contributed by atoms with van der Waals surface area (Å²) in [6, 6.07) is 25.0. The van der Waals surface area contributed by atoms with Crippen LogP contribution in [0.25, 0.3) is 0 Å². The van der Waals surface area contributed by atoms with Gasteiger partial charge in [-0.25, -0.2) is 0 Å². The summed E-state index contributed by atoms with van der Waals surface area (Å²) in [6.07, 6.45) is 2.01. The largest absolute Gasteiger partial charge is 0.491 e. The zero-order chi connectivity index (χ0) is 23.3. The third kappa shape index (κ3) is 5.08. The Labute approximate surface area is 206 Å².